The first-order valence-electron chi connectivity index (χ1n) is 8.37. The smallest absolute Gasteiger partial charge is 0.238 e. The second-order valence-corrected chi connectivity index (χ2v) is 7.14. The molecule has 0 fully saturated rings. The Morgan fingerprint density at radius 3 is 2.19 bits per heavy atom. The van der Waals surface area contributed by atoms with Crippen molar-refractivity contribution in [3.63, 3.8) is 0 Å². The van der Waals surface area contributed by atoms with Gasteiger partial charge in [-0.15, -0.1) is 11.8 Å². The number of benzene rings is 2. The molecule has 138 valence electrons. The number of nitrogens with zero attached hydrogens (tertiary/aromatic N) is 1. The molecule has 6 heteroatoms. The van der Waals surface area contributed by atoms with Crippen LogP contribution >= 0.6 is 11.8 Å². The summed E-state index contributed by atoms with van der Waals surface area (Å²) >= 11 is 1.58. The molecule has 0 heterocycles. The molecule has 0 bridgehead atoms. The number of hydrogen-bond donors (Lipinski definition) is 2. The van der Waals surface area contributed by atoms with Crippen LogP contribution in [0.15, 0.2) is 47.4 Å². The predicted molar refractivity (Wildman–Crippen MR) is 109 cm³/mol. The minimum absolute atomic E-state index is 0.142. The van der Waals surface area contributed by atoms with Crippen LogP contribution in [0, 0.1) is 13.8 Å². The number of nitrogens with one attached hydrogen (secondary N) is 2. The van der Waals surface area contributed by atoms with Crippen LogP contribution in [-0.2, 0) is 9.59 Å². The third kappa shape index (κ3) is 5.89. The van der Waals surface area contributed by atoms with Crippen molar-refractivity contribution in [1.82, 2.24) is 4.90 Å². The van der Waals surface area contributed by atoms with Crippen molar-refractivity contribution in [3.8, 4) is 0 Å². The number of thioether (sulfide) groups is 1. The van der Waals surface area contributed by atoms with Gasteiger partial charge in [0.1, 0.15) is 0 Å². The molecule has 5 nitrogen and oxygen atoms in total. The van der Waals surface area contributed by atoms with E-state index < -0.39 is 0 Å². The first-order chi connectivity index (χ1) is 12.4. The molecule has 26 heavy (non-hydrogen) atoms. The standard InChI is InChI=1S/C20H25N3O2S/c1-14-9-10-16(15(2)11-14)21-19(24)12-23(3)13-20(25)22-17-7-5-6-8-18(17)26-4/h5-11H,12-13H2,1-4H3,(H,21,24)(H,22,25). The number of anilines is 2. The minimum atomic E-state index is -0.145. The summed E-state index contributed by atoms with van der Waals surface area (Å²) in [5.41, 5.74) is 3.76. The molecule has 0 saturated heterocycles. The van der Waals surface area contributed by atoms with E-state index in [9.17, 15) is 9.59 Å². The van der Waals surface area contributed by atoms with E-state index in [1.807, 2.05) is 62.6 Å². The van der Waals surface area contributed by atoms with Crippen LogP contribution in [-0.4, -0.2) is 43.1 Å². The molecule has 0 saturated carbocycles. The molecule has 2 rings (SSSR count). The first-order valence-corrected chi connectivity index (χ1v) is 9.60. The fraction of sp³-hybridized carbons (Fsp3) is 0.300. The van der Waals surface area contributed by atoms with Gasteiger partial charge in [0, 0.05) is 10.6 Å². The highest BCUT2D eigenvalue weighted by Crippen LogP contribution is 2.24. The van der Waals surface area contributed by atoms with Crippen LogP contribution in [0.5, 0.6) is 0 Å². The number of rotatable bonds is 7. The lowest BCUT2D eigenvalue weighted by atomic mass is 10.1. The normalized spacial score (nSPS) is 10.7. The van der Waals surface area contributed by atoms with Crippen molar-refractivity contribution in [1.29, 1.82) is 0 Å². The lowest BCUT2D eigenvalue weighted by Crippen LogP contribution is -2.36. The Morgan fingerprint density at radius 2 is 1.58 bits per heavy atom. The van der Waals surface area contributed by atoms with Gasteiger partial charge < -0.3 is 10.6 Å². The molecule has 0 aliphatic carbocycles. The van der Waals surface area contributed by atoms with Crippen LogP contribution in [0.4, 0.5) is 11.4 Å². The highest BCUT2D eigenvalue weighted by atomic mass is 32.2. The molecule has 0 aliphatic heterocycles. The fourth-order valence-corrected chi connectivity index (χ4v) is 3.18. The summed E-state index contributed by atoms with van der Waals surface area (Å²) in [6.45, 7) is 4.26. The van der Waals surface area contributed by atoms with E-state index in [1.165, 1.54) is 0 Å². The van der Waals surface area contributed by atoms with Gasteiger partial charge in [-0.3, -0.25) is 14.5 Å². The van der Waals surface area contributed by atoms with E-state index >= 15 is 0 Å². The number of para-hydroxylation sites is 1. The highest BCUT2D eigenvalue weighted by Gasteiger charge is 2.13. The average Bonchev–Trinajstić information content (AvgIpc) is 2.57. The van der Waals surface area contributed by atoms with Gasteiger partial charge >= 0.3 is 0 Å². The quantitative estimate of drug-likeness (QED) is 0.731. The summed E-state index contributed by atoms with van der Waals surface area (Å²) in [6, 6.07) is 13.5. The maximum atomic E-state index is 12.2. The van der Waals surface area contributed by atoms with Crippen LogP contribution in [0.1, 0.15) is 11.1 Å². The molecule has 0 atom stereocenters. The summed E-state index contributed by atoms with van der Waals surface area (Å²) < 4.78 is 0. The average molecular weight is 372 g/mol. The molecule has 0 aromatic heterocycles. The van der Waals surface area contributed by atoms with Crippen molar-refractivity contribution in [2.75, 3.05) is 37.0 Å². The maximum Gasteiger partial charge on any atom is 0.238 e. The van der Waals surface area contributed by atoms with Gasteiger partial charge in [0.15, 0.2) is 0 Å². The van der Waals surface area contributed by atoms with Crippen molar-refractivity contribution in [2.24, 2.45) is 0 Å². The number of carbonyl (C=O) groups excluding carboxylic acids is 2. The lowest BCUT2D eigenvalue weighted by Gasteiger charge is -2.17. The largest absolute Gasteiger partial charge is 0.325 e. The fourth-order valence-electron chi connectivity index (χ4n) is 2.63. The van der Waals surface area contributed by atoms with Crippen LogP contribution in [0.25, 0.3) is 0 Å². The van der Waals surface area contributed by atoms with E-state index in [0.29, 0.717) is 0 Å². The second kappa shape index (κ2) is 9.40. The molecule has 2 aromatic carbocycles. The Morgan fingerprint density at radius 1 is 0.962 bits per heavy atom. The van der Waals surface area contributed by atoms with Gasteiger partial charge in [0.25, 0.3) is 0 Å². The summed E-state index contributed by atoms with van der Waals surface area (Å²) in [6.07, 6.45) is 1.97. The number of amides is 2. The third-order valence-electron chi connectivity index (χ3n) is 3.86. The Kier molecular flexibility index (Phi) is 7.24. The molecule has 0 aliphatic rings. The zero-order valence-electron chi connectivity index (χ0n) is 15.6. The van der Waals surface area contributed by atoms with Gasteiger partial charge in [0.2, 0.25) is 11.8 Å². The Balaban J connectivity index is 1.86. The lowest BCUT2D eigenvalue weighted by molar-refractivity contribution is -0.119. The predicted octanol–water partition coefficient (Wildman–Crippen LogP) is 3.53. The zero-order chi connectivity index (χ0) is 19.1. The minimum Gasteiger partial charge on any atom is -0.325 e. The van der Waals surface area contributed by atoms with Crippen molar-refractivity contribution >= 4 is 35.0 Å². The second-order valence-electron chi connectivity index (χ2n) is 6.29. The molecular formula is C20H25N3O2S. The van der Waals surface area contributed by atoms with Gasteiger partial charge in [-0.05, 0) is 50.9 Å². The van der Waals surface area contributed by atoms with Crippen LogP contribution in [0.3, 0.4) is 0 Å². The van der Waals surface area contributed by atoms with Crippen LogP contribution < -0.4 is 10.6 Å². The summed E-state index contributed by atoms with van der Waals surface area (Å²) in [5, 5.41) is 5.79. The van der Waals surface area contributed by atoms with Crippen LogP contribution in [0.2, 0.25) is 0 Å². The molecule has 2 aromatic rings. The summed E-state index contributed by atoms with van der Waals surface area (Å²) in [4.78, 5) is 27.1. The van der Waals surface area contributed by atoms with E-state index in [4.69, 9.17) is 0 Å². The van der Waals surface area contributed by atoms with Crippen molar-refractivity contribution < 1.29 is 9.59 Å². The monoisotopic (exact) mass is 371 g/mol. The van der Waals surface area contributed by atoms with Gasteiger partial charge in [0.05, 0.1) is 18.8 Å². The Labute approximate surface area is 159 Å². The number of hydrogen-bond acceptors (Lipinski definition) is 4. The van der Waals surface area contributed by atoms with Crippen molar-refractivity contribution in [3.05, 3.63) is 53.6 Å². The molecule has 2 N–H and O–H groups in total. The first kappa shape index (κ1) is 20.0. The van der Waals surface area contributed by atoms with E-state index in [1.54, 1.807) is 23.7 Å². The summed E-state index contributed by atoms with van der Waals surface area (Å²) in [7, 11) is 1.75. The van der Waals surface area contributed by atoms with Crippen molar-refractivity contribution in [2.45, 2.75) is 18.7 Å². The molecule has 2 amide bonds. The number of likely N-dealkylation sites (N-methyl/N-ethyl adjacent to an activating group) is 1. The molecule has 0 radical (unpaired) electrons. The third-order valence-corrected chi connectivity index (χ3v) is 4.66. The molecule has 0 spiro atoms. The highest BCUT2D eigenvalue weighted by molar-refractivity contribution is 7.98. The SMILES string of the molecule is CSc1ccccc1NC(=O)CN(C)CC(=O)Nc1ccc(C)cc1C. The van der Waals surface area contributed by atoms with Gasteiger partial charge in [-0.25, -0.2) is 0 Å². The Bertz CT molecular complexity index is 792. The number of carbonyl (C=O) groups is 2. The molecule has 0 unspecified atom stereocenters. The summed E-state index contributed by atoms with van der Waals surface area (Å²) in [5.74, 6) is -0.287. The zero-order valence-corrected chi connectivity index (χ0v) is 16.4. The van der Waals surface area contributed by atoms with Gasteiger partial charge in [-0.2, -0.15) is 0 Å². The number of aryl methyl sites for hydroxylation is 2. The van der Waals surface area contributed by atoms with Gasteiger partial charge in [-0.1, -0.05) is 29.8 Å². The topological polar surface area (TPSA) is 61.4 Å². The van der Waals surface area contributed by atoms with E-state index in [0.717, 1.165) is 27.4 Å². The molecular weight excluding hydrogens is 346 g/mol. The Hall–Kier alpha value is -2.31. The maximum absolute atomic E-state index is 12.2. The van der Waals surface area contributed by atoms with E-state index in [-0.39, 0.29) is 24.9 Å². The van der Waals surface area contributed by atoms with E-state index in [2.05, 4.69) is 10.6 Å².